The normalized spacial score (nSPS) is 10.7. The minimum absolute atomic E-state index is 0.0667. The Morgan fingerprint density at radius 3 is 2.74 bits per heavy atom. The van der Waals surface area contributed by atoms with Gasteiger partial charge in [0.15, 0.2) is 11.5 Å². The first kappa shape index (κ1) is 15.6. The third-order valence-electron chi connectivity index (χ3n) is 2.71. The van der Waals surface area contributed by atoms with Crippen LogP contribution in [0.2, 0.25) is 5.02 Å². The molecular weight excluding hydrogens is 270 g/mol. The number of halogens is 1. The van der Waals surface area contributed by atoms with Crippen LogP contribution in [0.25, 0.3) is 0 Å². The number of phenolic OH excluding ortho intramolecular Hbond substituents is 1. The maximum absolute atomic E-state index is 10.4. The number of aliphatic carboxylic acids is 1. The summed E-state index contributed by atoms with van der Waals surface area (Å²) in [4.78, 5) is 12.4. The Labute approximate surface area is 117 Å². The fraction of sp³-hybridized carbons (Fsp3) is 0.462. The van der Waals surface area contributed by atoms with Crippen molar-refractivity contribution in [3.8, 4) is 11.5 Å². The first-order valence-electron chi connectivity index (χ1n) is 5.89. The molecule has 1 aromatic carbocycles. The highest BCUT2D eigenvalue weighted by atomic mass is 35.5. The Morgan fingerprint density at radius 1 is 1.47 bits per heavy atom. The van der Waals surface area contributed by atoms with E-state index in [2.05, 4.69) is 0 Å². The van der Waals surface area contributed by atoms with Crippen molar-refractivity contribution < 1.29 is 19.7 Å². The van der Waals surface area contributed by atoms with Gasteiger partial charge in [-0.05, 0) is 26.1 Å². The summed E-state index contributed by atoms with van der Waals surface area (Å²) in [6.07, 6.45) is 0.694. The van der Waals surface area contributed by atoms with E-state index in [0.29, 0.717) is 35.8 Å². The topological polar surface area (TPSA) is 70.0 Å². The Kier molecular flexibility index (Phi) is 5.92. The molecule has 6 heteroatoms. The molecule has 0 aromatic heterocycles. The number of aromatic hydroxyl groups is 1. The standard InChI is InChI=1S/C13H18ClNO4/c1-15(5-3-4-12(16)17)8-9-6-10(14)7-11(19-2)13(9)18/h6-7,18H,3-5,8H2,1-2H3,(H,16,17). The lowest BCUT2D eigenvalue weighted by Crippen LogP contribution is -2.20. The highest BCUT2D eigenvalue weighted by Crippen LogP contribution is 2.33. The van der Waals surface area contributed by atoms with Crippen LogP contribution >= 0.6 is 11.6 Å². The van der Waals surface area contributed by atoms with Crippen LogP contribution in [-0.2, 0) is 11.3 Å². The first-order chi connectivity index (χ1) is 8.93. The number of carbonyl (C=O) groups is 1. The number of nitrogens with zero attached hydrogens (tertiary/aromatic N) is 1. The molecule has 1 rings (SSSR count). The molecule has 1 aromatic rings. The second-order valence-electron chi connectivity index (χ2n) is 4.35. The lowest BCUT2D eigenvalue weighted by atomic mass is 10.1. The molecule has 0 heterocycles. The van der Waals surface area contributed by atoms with Gasteiger partial charge in [-0.25, -0.2) is 0 Å². The van der Waals surface area contributed by atoms with Crippen molar-refractivity contribution in [3.05, 3.63) is 22.7 Å². The zero-order valence-corrected chi connectivity index (χ0v) is 11.8. The fourth-order valence-corrected chi connectivity index (χ4v) is 2.01. The van der Waals surface area contributed by atoms with Gasteiger partial charge in [0.25, 0.3) is 0 Å². The number of hydrogen-bond donors (Lipinski definition) is 2. The summed E-state index contributed by atoms with van der Waals surface area (Å²) in [6.45, 7) is 1.10. The van der Waals surface area contributed by atoms with Crippen LogP contribution in [0.5, 0.6) is 11.5 Å². The molecule has 0 spiro atoms. The molecule has 2 N–H and O–H groups in total. The van der Waals surface area contributed by atoms with E-state index < -0.39 is 5.97 Å². The number of hydrogen-bond acceptors (Lipinski definition) is 4. The van der Waals surface area contributed by atoms with E-state index in [4.69, 9.17) is 21.4 Å². The van der Waals surface area contributed by atoms with Crippen molar-refractivity contribution in [2.24, 2.45) is 0 Å². The maximum atomic E-state index is 10.4. The zero-order chi connectivity index (χ0) is 14.4. The second-order valence-corrected chi connectivity index (χ2v) is 4.79. The third-order valence-corrected chi connectivity index (χ3v) is 2.93. The van der Waals surface area contributed by atoms with Crippen LogP contribution in [0.15, 0.2) is 12.1 Å². The van der Waals surface area contributed by atoms with Crippen LogP contribution in [0.1, 0.15) is 18.4 Å². The number of phenols is 1. The molecule has 0 aliphatic heterocycles. The summed E-state index contributed by atoms with van der Waals surface area (Å²) in [6, 6.07) is 3.22. The van der Waals surface area contributed by atoms with Crippen LogP contribution in [0.4, 0.5) is 0 Å². The van der Waals surface area contributed by atoms with Gasteiger partial charge in [-0.1, -0.05) is 11.6 Å². The Bertz CT molecular complexity index is 451. The monoisotopic (exact) mass is 287 g/mol. The molecule has 0 bridgehead atoms. The van der Waals surface area contributed by atoms with E-state index >= 15 is 0 Å². The minimum atomic E-state index is -0.805. The van der Waals surface area contributed by atoms with Crippen LogP contribution in [0.3, 0.4) is 0 Å². The molecule has 0 aliphatic carbocycles. The summed E-state index contributed by atoms with van der Waals surface area (Å²) >= 11 is 5.94. The van der Waals surface area contributed by atoms with E-state index in [-0.39, 0.29) is 12.2 Å². The summed E-state index contributed by atoms with van der Waals surface area (Å²) in [5.41, 5.74) is 0.655. The smallest absolute Gasteiger partial charge is 0.303 e. The van der Waals surface area contributed by atoms with E-state index in [1.54, 1.807) is 12.1 Å². The van der Waals surface area contributed by atoms with E-state index in [0.717, 1.165) is 0 Å². The average molecular weight is 288 g/mol. The van der Waals surface area contributed by atoms with Crippen LogP contribution in [0, 0.1) is 0 Å². The molecule has 0 radical (unpaired) electrons. The van der Waals surface area contributed by atoms with Crippen molar-refractivity contribution in [1.29, 1.82) is 0 Å². The molecule has 0 aliphatic rings. The molecule has 0 saturated heterocycles. The number of carboxylic acids is 1. The van der Waals surface area contributed by atoms with Gasteiger partial charge in [0.05, 0.1) is 7.11 Å². The molecular formula is C13H18ClNO4. The van der Waals surface area contributed by atoms with Gasteiger partial charge < -0.3 is 19.8 Å². The average Bonchev–Trinajstić information content (AvgIpc) is 2.32. The van der Waals surface area contributed by atoms with E-state index in [1.807, 2.05) is 11.9 Å². The zero-order valence-electron chi connectivity index (χ0n) is 11.0. The molecule has 5 nitrogen and oxygen atoms in total. The number of rotatable bonds is 7. The second kappa shape index (κ2) is 7.21. The minimum Gasteiger partial charge on any atom is -0.504 e. The van der Waals surface area contributed by atoms with E-state index in [1.165, 1.54) is 7.11 Å². The summed E-state index contributed by atoms with van der Waals surface area (Å²) in [5, 5.41) is 19.0. The van der Waals surface area contributed by atoms with Gasteiger partial charge in [0.1, 0.15) is 0 Å². The van der Waals surface area contributed by atoms with Crippen molar-refractivity contribution in [2.75, 3.05) is 20.7 Å². The van der Waals surface area contributed by atoms with Gasteiger partial charge in [-0.2, -0.15) is 0 Å². The fourth-order valence-electron chi connectivity index (χ4n) is 1.77. The summed E-state index contributed by atoms with van der Waals surface area (Å²) in [7, 11) is 3.32. The quantitative estimate of drug-likeness (QED) is 0.805. The Morgan fingerprint density at radius 2 is 2.16 bits per heavy atom. The molecule has 0 amide bonds. The maximum Gasteiger partial charge on any atom is 0.303 e. The van der Waals surface area contributed by atoms with Crippen LogP contribution in [-0.4, -0.2) is 41.8 Å². The predicted octanol–water partition coefficient (Wildman–Crippen LogP) is 2.35. The Balaban J connectivity index is 2.65. The number of methoxy groups -OCH3 is 1. The molecule has 0 saturated carbocycles. The number of carboxylic acid groups (broad SMARTS) is 1. The van der Waals surface area contributed by atoms with Gasteiger partial charge >= 0.3 is 5.97 Å². The van der Waals surface area contributed by atoms with Gasteiger partial charge in [-0.3, -0.25) is 4.79 Å². The summed E-state index contributed by atoms with van der Waals surface area (Å²) < 4.78 is 5.03. The van der Waals surface area contributed by atoms with Crippen molar-refractivity contribution in [2.45, 2.75) is 19.4 Å². The lowest BCUT2D eigenvalue weighted by molar-refractivity contribution is -0.137. The number of ether oxygens (including phenoxy) is 1. The SMILES string of the molecule is COc1cc(Cl)cc(CN(C)CCCC(=O)O)c1O. The van der Waals surface area contributed by atoms with Crippen LogP contribution < -0.4 is 4.74 Å². The third kappa shape index (κ3) is 4.96. The van der Waals surface area contributed by atoms with Gasteiger partial charge in [-0.15, -0.1) is 0 Å². The van der Waals surface area contributed by atoms with Crippen molar-refractivity contribution >= 4 is 17.6 Å². The highest BCUT2D eigenvalue weighted by Gasteiger charge is 2.12. The molecule has 19 heavy (non-hydrogen) atoms. The van der Waals surface area contributed by atoms with Crippen molar-refractivity contribution in [1.82, 2.24) is 4.90 Å². The molecule has 0 atom stereocenters. The van der Waals surface area contributed by atoms with E-state index in [9.17, 15) is 9.90 Å². The lowest BCUT2D eigenvalue weighted by Gasteiger charge is -2.18. The summed E-state index contributed by atoms with van der Waals surface area (Å²) in [5.74, 6) is -0.404. The van der Waals surface area contributed by atoms with Crippen molar-refractivity contribution in [3.63, 3.8) is 0 Å². The molecule has 106 valence electrons. The highest BCUT2D eigenvalue weighted by molar-refractivity contribution is 6.30. The molecule has 0 unspecified atom stereocenters. The Hall–Kier alpha value is -1.46. The largest absolute Gasteiger partial charge is 0.504 e. The predicted molar refractivity (Wildman–Crippen MR) is 72.9 cm³/mol. The number of benzene rings is 1. The first-order valence-corrected chi connectivity index (χ1v) is 6.27. The molecule has 0 fully saturated rings. The van der Waals surface area contributed by atoms with Gasteiger partial charge in [0.2, 0.25) is 0 Å². The van der Waals surface area contributed by atoms with Gasteiger partial charge in [0, 0.05) is 29.6 Å².